The molecule has 1 fully saturated rings. The average molecular weight is 295 g/mol. The lowest BCUT2D eigenvalue weighted by Gasteiger charge is -2.26. The number of carbonyl (C=O) groups excluding carboxylic acids is 1. The summed E-state index contributed by atoms with van der Waals surface area (Å²) in [5, 5.41) is 10.5. The van der Waals surface area contributed by atoms with Gasteiger partial charge in [-0.1, -0.05) is 60.7 Å². The summed E-state index contributed by atoms with van der Waals surface area (Å²) in [5.74, 6) is -0.290. The Bertz CT molecular complexity index is 571. The molecule has 3 atom stereocenters. The van der Waals surface area contributed by atoms with E-state index in [1.807, 2.05) is 72.5 Å². The van der Waals surface area contributed by atoms with Crippen LogP contribution in [-0.2, 0) is 4.79 Å². The second-order valence-electron chi connectivity index (χ2n) is 5.87. The van der Waals surface area contributed by atoms with E-state index in [1.165, 1.54) is 0 Å². The van der Waals surface area contributed by atoms with Crippen LogP contribution in [0.3, 0.4) is 0 Å². The van der Waals surface area contributed by atoms with E-state index in [1.54, 1.807) is 0 Å². The molecule has 1 aliphatic heterocycles. The fraction of sp³-hybridized carbons (Fsp3) is 0.316. The number of carbonyl (C=O) groups is 1. The summed E-state index contributed by atoms with van der Waals surface area (Å²) >= 11 is 0. The number of aliphatic hydroxyl groups excluding tert-OH is 1. The Kier molecular flexibility index (Phi) is 4.25. The molecule has 1 saturated heterocycles. The summed E-state index contributed by atoms with van der Waals surface area (Å²) in [6.07, 6.45) is -0.0202. The van der Waals surface area contributed by atoms with E-state index in [-0.39, 0.29) is 17.9 Å². The van der Waals surface area contributed by atoms with E-state index in [9.17, 15) is 9.90 Å². The number of amides is 1. The van der Waals surface area contributed by atoms with E-state index in [4.69, 9.17) is 0 Å². The Balaban J connectivity index is 1.75. The topological polar surface area (TPSA) is 40.5 Å². The predicted octanol–water partition coefficient (Wildman–Crippen LogP) is 3.33. The molecule has 2 aromatic rings. The highest BCUT2D eigenvalue weighted by molar-refractivity contribution is 5.82. The molecule has 3 rings (SSSR count). The van der Waals surface area contributed by atoms with E-state index in [0.717, 1.165) is 11.1 Å². The summed E-state index contributed by atoms with van der Waals surface area (Å²) in [6.45, 7) is 2.74. The third-order valence-corrected chi connectivity index (χ3v) is 4.55. The maximum atomic E-state index is 12.7. The lowest BCUT2D eigenvalue weighted by atomic mass is 9.94. The highest BCUT2D eigenvalue weighted by atomic mass is 16.3. The molecule has 0 bridgehead atoms. The summed E-state index contributed by atoms with van der Waals surface area (Å²) in [4.78, 5) is 14.6. The van der Waals surface area contributed by atoms with Gasteiger partial charge in [0.05, 0.1) is 18.1 Å². The van der Waals surface area contributed by atoms with Gasteiger partial charge in [0.2, 0.25) is 5.91 Å². The first-order valence-corrected chi connectivity index (χ1v) is 7.77. The van der Waals surface area contributed by atoms with Crippen LogP contribution < -0.4 is 0 Å². The minimum absolute atomic E-state index is 0.0432. The molecule has 22 heavy (non-hydrogen) atoms. The number of hydrogen-bond donors (Lipinski definition) is 1. The number of likely N-dealkylation sites (tertiary alicyclic amines) is 1. The van der Waals surface area contributed by atoms with Crippen molar-refractivity contribution in [1.82, 2.24) is 4.90 Å². The van der Waals surface area contributed by atoms with Crippen molar-refractivity contribution >= 4 is 5.91 Å². The molecule has 0 spiro atoms. The average Bonchev–Trinajstić information content (AvgIpc) is 2.96. The van der Waals surface area contributed by atoms with E-state index in [0.29, 0.717) is 13.0 Å². The van der Waals surface area contributed by atoms with Crippen molar-refractivity contribution in [2.24, 2.45) is 5.92 Å². The van der Waals surface area contributed by atoms with Gasteiger partial charge in [0.1, 0.15) is 0 Å². The van der Waals surface area contributed by atoms with E-state index >= 15 is 0 Å². The second-order valence-corrected chi connectivity index (χ2v) is 5.87. The van der Waals surface area contributed by atoms with Crippen LogP contribution in [0, 0.1) is 5.92 Å². The van der Waals surface area contributed by atoms with Crippen molar-refractivity contribution in [3.8, 4) is 0 Å². The lowest BCUT2D eigenvalue weighted by Crippen LogP contribution is -2.32. The molecule has 2 unspecified atom stereocenters. The van der Waals surface area contributed by atoms with Gasteiger partial charge in [0, 0.05) is 6.54 Å². The molecule has 0 radical (unpaired) electrons. The van der Waals surface area contributed by atoms with Gasteiger partial charge in [-0.05, 0) is 24.5 Å². The third-order valence-electron chi connectivity index (χ3n) is 4.55. The first-order chi connectivity index (χ1) is 10.7. The third kappa shape index (κ3) is 2.77. The predicted molar refractivity (Wildman–Crippen MR) is 86.1 cm³/mol. The molecule has 1 N–H and O–H groups in total. The van der Waals surface area contributed by atoms with Crippen molar-refractivity contribution in [2.75, 3.05) is 6.54 Å². The summed E-state index contributed by atoms with van der Waals surface area (Å²) in [7, 11) is 0. The van der Waals surface area contributed by atoms with Crippen molar-refractivity contribution in [3.05, 3.63) is 71.8 Å². The van der Waals surface area contributed by atoms with Gasteiger partial charge in [-0.25, -0.2) is 0 Å². The molecule has 2 aromatic carbocycles. The van der Waals surface area contributed by atoms with Crippen molar-refractivity contribution < 1.29 is 9.90 Å². The Hall–Kier alpha value is -2.13. The van der Waals surface area contributed by atoms with Crippen LogP contribution in [0.4, 0.5) is 0 Å². The quantitative estimate of drug-likeness (QED) is 0.940. The SMILES string of the molecule is C[C@H](c1ccccc1)N1CCC(C(O)c2ccccc2)C1=O. The van der Waals surface area contributed by atoms with Crippen molar-refractivity contribution in [1.29, 1.82) is 0 Å². The van der Waals surface area contributed by atoms with Gasteiger partial charge in [0.15, 0.2) is 0 Å². The minimum atomic E-state index is -0.721. The first kappa shape index (κ1) is 14.8. The lowest BCUT2D eigenvalue weighted by molar-refractivity contribution is -0.135. The Labute approximate surface area is 131 Å². The molecule has 1 heterocycles. The zero-order chi connectivity index (χ0) is 15.5. The van der Waals surface area contributed by atoms with Crippen LogP contribution in [0.25, 0.3) is 0 Å². The number of benzene rings is 2. The fourth-order valence-electron chi connectivity index (χ4n) is 3.20. The molecule has 0 saturated carbocycles. The summed E-state index contributed by atoms with van der Waals surface area (Å²) in [5.41, 5.74) is 1.95. The van der Waals surface area contributed by atoms with Crippen LogP contribution in [0.2, 0.25) is 0 Å². The molecule has 3 nitrogen and oxygen atoms in total. The number of rotatable bonds is 4. The highest BCUT2D eigenvalue weighted by Gasteiger charge is 2.39. The Morgan fingerprint density at radius 1 is 1.00 bits per heavy atom. The zero-order valence-electron chi connectivity index (χ0n) is 12.7. The zero-order valence-corrected chi connectivity index (χ0v) is 12.7. The van der Waals surface area contributed by atoms with Gasteiger partial charge in [0.25, 0.3) is 0 Å². The molecule has 114 valence electrons. The smallest absolute Gasteiger partial charge is 0.229 e. The molecular formula is C19H21NO2. The van der Waals surface area contributed by atoms with E-state index < -0.39 is 6.10 Å². The van der Waals surface area contributed by atoms with Crippen LogP contribution in [0.5, 0.6) is 0 Å². The van der Waals surface area contributed by atoms with Crippen LogP contribution in [0.1, 0.15) is 36.6 Å². The van der Waals surface area contributed by atoms with E-state index in [2.05, 4.69) is 0 Å². The number of nitrogens with zero attached hydrogens (tertiary/aromatic N) is 1. The Morgan fingerprint density at radius 3 is 2.14 bits per heavy atom. The number of aliphatic hydroxyl groups is 1. The van der Waals surface area contributed by atoms with Crippen LogP contribution in [0.15, 0.2) is 60.7 Å². The van der Waals surface area contributed by atoms with Crippen LogP contribution in [-0.4, -0.2) is 22.5 Å². The van der Waals surface area contributed by atoms with Crippen LogP contribution >= 0.6 is 0 Å². The highest BCUT2D eigenvalue weighted by Crippen LogP contribution is 2.35. The second kappa shape index (κ2) is 6.32. The summed E-state index contributed by atoms with van der Waals surface area (Å²) in [6, 6.07) is 19.5. The molecular weight excluding hydrogens is 274 g/mol. The van der Waals surface area contributed by atoms with Crippen molar-refractivity contribution in [3.63, 3.8) is 0 Å². The van der Waals surface area contributed by atoms with Gasteiger partial charge in [-0.3, -0.25) is 4.79 Å². The maximum Gasteiger partial charge on any atom is 0.229 e. The summed E-state index contributed by atoms with van der Waals surface area (Å²) < 4.78 is 0. The molecule has 1 amide bonds. The van der Waals surface area contributed by atoms with Gasteiger partial charge in [-0.15, -0.1) is 0 Å². The van der Waals surface area contributed by atoms with Gasteiger partial charge in [-0.2, -0.15) is 0 Å². The van der Waals surface area contributed by atoms with Gasteiger partial charge >= 0.3 is 0 Å². The number of hydrogen-bond acceptors (Lipinski definition) is 2. The fourth-order valence-corrected chi connectivity index (χ4v) is 3.20. The van der Waals surface area contributed by atoms with Gasteiger partial charge < -0.3 is 10.0 Å². The Morgan fingerprint density at radius 2 is 1.55 bits per heavy atom. The first-order valence-electron chi connectivity index (χ1n) is 7.77. The monoisotopic (exact) mass is 295 g/mol. The molecule has 0 aromatic heterocycles. The normalized spacial score (nSPS) is 20.9. The largest absolute Gasteiger partial charge is 0.388 e. The standard InChI is InChI=1S/C19H21NO2/c1-14(15-8-4-2-5-9-15)20-13-12-17(19(20)22)18(21)16-10-6-3-7-11-16/h2-11,14,17-18,21H,12-13H2,1H3/t14-,17?,18?/m1/s1. The minimum Gasteiger partial charge on any atom is -0.388 e. The van der Waals surface area contributed by atoms with Crippen molar-refractivity contribution in [2.45, 2.75) is 25.5 Å². The molecule has 3 heteroatoms. The maximum absolute atomic E-state index is 12.7. The molecule has 1 aliphatic rings. The molecule has 0 aliphatic carbocycles.